The fraction of sp³-hybridized carbons (Fsp3) is 0.818. The van der Waals surface area contributed by atoms with E-state index in [1.165, 1.54) is 38.3 Å². The third-order valence-electron chi connectivity index (χ3n) is 3.58. The Morgan fingerprint density at radius 1 is 1.46 bits per heavy atom. The lowest BCUT2D eigenvalue weighted by Crippen LogP contribution is -2.62. The number of likely N-dealkylation sites (tertiary alicyclic amines) is 2. The zero-order chi connectivity index (χ0) is 9.42. The molecule has 0 aromatic carbocycles. The molecule has 0 amide bonds. The van der Waals surface area contributed by atoms with E-state index in [4.69, 9.17) is 0 Å². The second-order valence-corrected chi connectivity index (χ2v) is 4.38. The Morgan fingerprint density at radius 3 is 2.77 bits per heavy atom. The van der Waals surface area contributed by atoms with Crippen molar-refractivity contribution in [3.05, 3.63) is 12.3 Å². The quantitative estimate of drug-likeness (QED) is 0.636. The Balaban J connectivity index is 1.89. The molecule has 0 spiro atoms. The molecule has 0 aromatic heterocycles. The van der Waals surface area contributed by atoms with Crippen LogP contribution in [-0.4, -0.2) is 42.0 Å². The fourth-order valence-electron chi connectivity index (χ4n) is 2.69. The van der Waals surface area contributed by atoms with Crippen molar-refractivity contribution in [2.24, 2.45) is 5.92 Å². The second kappa shape index (κ2) is 3.33. The molecule has 0 aromatic rings. The van der Waals surface area contributed by atoms with Crippen molar-refractivity contribution < 1.29 is 0 Å². The normalized spacial score (nSPS) is 33.8. The number of fused-ring (bicyclic) bond motifs is 1. The van der Waals surface area contributed by atoms with Crippen molar-refractivity contribution in [3.8, 4) is 0 Å². The Kier molecular flexibility index (Phi) is 2.33. The third kappa shape index (κ3) is 1.48. The van der Waals surface area contributed by atoms with Gasteiger partial charge in [0, 0.05) is 37.3 Å². The lowest BCUT2D eigenvalue weighted by atomic mass is 9.82. The molecule has 2 atom stereocenters. The van der Waals surface area contributed by atoms with Gasteiger partial charge in [-0.15, -0.1) is 0 Å². The van der Waals surface area contributed by atoms with Crippen LogP contribution >= 0.6 is 0 Å². The lowest BCUT2D eigenvalue weighted by molar-refractivity contribution is -0.0308. The minimum atomic E-state index is 0.889. The van der Waals surface area contributed by atoms with Crippen LogP contribution in [0.15, 0.2) is 12.3 Å². The average Bonchev–Trinajstić information content (AvgIpc) is 2.07. The second-order valence-electron chi connectivity index (χ2n) is 4.38. The van der Waals surface area contributed by atoms with Crippen LogP contribution in [-0.2, 0) is 0 Å². The molecule has 2 unspecified atom stereocenters. The molecule has 2 aliphatic heterocycles. The van der Waals surface area contributed by atoms with Crippen molar-refractivity contribution >= 4 is 0 Å². The van der Waals surface area contributed by atoms with Crippen molar-refractivity contribution in [1.29, 1.82) is 0 Å². The van der Waals surface area contributed by atoms with Crippen LogP contribution in [0.1, 0.15) is 20.3 Å². The fourth-order valence-corrected chi connectivity index (χ4v) is 2.69. The molecule has 2 rings (SSSR count). The van der Waals surface area contributed by atoms with E-state index in [2.05, 4.69) is 30.2 Å². The first kappa shape index (κ1) is 9.07. The molecule has 74 valence electrons. The Labute approximate surface area is 81.2 Å². The van der Waals surface area contributed by atoms with E-state index in [9.17, 15) is 0 Å². The van der Waals surface area contributed by atoms with Crippen LogP contribution in [0.2, 0.25) is 0 Å². The number of piperidine rings is 1. The van der Waals surface area contributed by atoms with Gasteiger partial charge in [0.2, 0.25) is 0 Å². The van der Waals surface area contributed by atoms with Gasteiger partial charge in [-0.25, -0.2) is 0 Å². The van der Waals surface area contributed by atoms with Crippen LogP contribution < -0.4 is 0 Å². The summed E-state index contributed by atoms with van der Waals surface area (Å²) in [6.07, 6.45) is 1.34. The maximum atomic E-state index is 4.01. The van der Waals surface area contributed by atoms with Crippen LogP contribution in [0.3, 0.4) is 0 Å². The molecular weight excluding hydrogens is 160 g/mol. The van der Waals surface area contributed by atoms with Crippen LogP contribution in [0.5, 0.6) is 0 Å². The summed E-state index contributed by atoms with van der Waals surface area (Å²) in [4.78, 5) is 5.04. The smallest absolute Gasteiger partial charge is 0.0230 e. The summed E-state index contributed by atoms with van der Waals surface area (Å²) in [7, 11) is 0. The first-order valence-corrected chi connectivity index (χ1v) is 5.37. The monoisotopic (exact) mass is 180 g/mol. The average molecular weight is 180 g/mol. The van der Waals surface area contributed by atoms with Gasteiger partial charge in [-0.1, -0.05) is 13.5 Å². The highest BCUT2D eigenvalue weighted by atomic mass is 15.3. The summed E-state index contributed by atoms with van der Waals surface area (Å²) in [5.74, 6) is 0.922. The van der Waals surface area contributed by atoms with Crippen LogP contribution in [0.4, 0.5) is 0 Å². The molecule has 0 bridgehead atoms. The summed E-state index contributed by atoms with van der Waals surface area (Å²) < 4.78 is 0. The molecule has 2 heterocycles. The van der Waals surface area contributed by atoms with E-state index in [-0.39, 0.29) is 0 Å². The van der Waals surface area contributed by atoms with Crippen molar-refractivity contribution in [1.82, 2.24) is 9.80 Å². The van der Waals surface area contributed by atoms with Crippen molar-refractivity contribution in [2.45, 2.75) is 26.3 Å². The van der Waals surface area contributed by atoms with Gasteiger partial charge in [0.05, 0.1) is 0 Å². The number of nitrogens with zero attached hydrogens (tertiary/aromatic N) is 2. The van der Waals surface area contributed by atoms with Gasteiger partial charge >= 0.3 is 0 Å². The van der Waals surface area contributed by atoms with Gasteiger partial charge in [0.25, 0.3) is 0 Å². The largest absolute Gasteiger partial charge is 0.375 e. The Bertz CT molecular complexity index is 212. The molecule has 0 N–H and O–H groups in total. The highest BCUT2D eigenvalue weighted by molar-refractivity contribution is 5.01. The molecule has 0 aliphatic carbocycles. The van der Waals surface area contributed by atoms with E-state index in [1.807, 2.05) is 0 Å². The SMILES string of the molecule is C=C(C)N1CCC2C(C1)CN2CC. The van der Waals surface area contributed by atoms with Gasteiger partial charge in [0.1, 0.15) is 0 Å². The molecule has 2 nitrogen and oxygen atoms in total. The number of hydrogen-bond donors (Lipinski definition) is 0. The number of hydrogen-bond acceptors (Lipinski definition) is 2. The van der Waals surface area contributed by atoms with Crippen LogP contribution in [0.25, 0.3) is 0 Å². The minimum absolute atomic E-state index is 0.889. The number of rotatable bonds is 2. The van der Waals surface area contributed by atoms with E-state index in [1.54, 1.807) is 0 Å². The van der Waals surface area contributed by atoms with Gasteiger partial charge in [-0.3, -0.25) is 4.90 Å². The van der Waals surface area contributed by atoms with Gasteiger partial charge in [-0.05, 0) is 19.9 Å². The summed E-state index contributed by atoms with van der Waals surface area (Å²) >= 11 is 0. The van der Waals surface area contributed by atoms with Gasteiger partial charge in [-0.2, -0.15) is 0 Å². The first-order valence-electron chi connectivity index (χ1n) is 5.37. The molecule has 2 heteroatoms. The summed E-state index contributed by atoms with van der Waals surface area (Å²) in [6, 6.07) is 0.889. The molecule has 13 heavy (non-hydrogen) atoms. The third-order valence-corrected chi connectivity index (χ3v) is 3.58. The minimum Gasteiger partial charge on any atom is -0.375 e. The van der Waals surface area contributed by atoms with E-state index < -0.39 is 0 Å². The maximum absolute atomic E-state index is 4.01. The molecular formula is C11H20N2. The molecule has 2 saturated heterocycles. The van der Waals surface area contributed by atoms with E-state index >= 15 is 0 Å². The van der Waals surface area contributed by atoms with Crippen molar-refractivity contribution in [3.63, 3.8) is 0 Å². The predicted molar refractivity (Wildman–Crippen MR) is 55.5 cm³/mol. The highest BCUT2D eigenvalue weighted by Crippen LogP contribution is 2.32. The molecule has 2 fully saturated rings. The van der Waals surface area contributed by atoms with Crippen LogP contribution in [0, 0.1) is 5.92 Å². The Morgan fingerprint density at radius 2 is 2.23 bits per heavy atom. The Hall–Kier alpha value is -0.500. The summed E-state index contributed by atoms with van der Waals surface area (Å²) in [6.45, 7) is 13.4. The lowest BCUT2D eigenvalue weighted by Gasteiger charge is -2.53. The summed E-state index contributed by atoms with van der Waals surface area (Å²) in [5, 5.41) is 0. The maximum Gasteiger partial charge on any atom is 0.0230 e. The van der Waals surface area contributed by atoms with Crippen molar-refractivity contribution in [2.75, 3.05) is 26.2 Å². The topological polar surface area (TPSA) is 6.48 Å². The molecule has 0 radical (unpaired) electrons. The van der Waals surface area contributed by atoms with Gasteiger partial charge < -0.3 is 4.90 Å². The highest BCUT2D eigenvalue weighted by Gasteiger charge is 2.41. The zero-order valence-electron chi connectivity index (χ0n) is 8.79. The molecule has 2 aliphatic rings. The van der Waals surface area contributed by atoms with E-state index in [0.717, 1.165) is 12.0 Å². The summed E-state index contributed by atoms with van der Waals surface area (Å²) in [5.41, 5.74) is 1.24. The predicted octanol–water partition coefficient (Wildman–Crippen LogP) is 1.55. The standard InChI is InChI=1S/C11H20N2/c1-4-12-7-10-8-13(9(2)3)6-5-11(10)12/h10-11H,2,4-8H2,1,3H3. The van der Waals surface area contributed by atoms with Gasteiger partial charge in [0.15, 0.2) is 0 Å². The zero-order valence-corrected chi connectivity index (χ0v) is 8.79. The van der Waals surface area contributed by atoms with E-state index in [0.29, 0.717) is 0 Å². The number of allylic oxidation sites excluding steroid dienone is 1. The first-order chi connectivity index (χ1) is 6.22. The molecule has 0 saturated carbocycles.